The Labute approximate surface area is 115 Å². The molecular formula is C14H10Cl2NO. The molecule has 1 fully saturated rings. The third-order valence-electron chi connectivity index (χ3n) is 3.07. The van der Waals surface area contributed by atoms with Gasteiger partial charge in [-0.25, -0.2) is 0 Å². The lowest BCUT2D eigenvalue weighted by atomic mass is 10.0. The summed E-state index contributed by atoms with van der Waals surface area (Å²) in [5.74, 6) is 1.27. The largest absolute Gasteiger partial charge is 0.360 e. The minimum Gasteiger partial charge on any atom is -0.360 e. The molecule has 3 rings (SSSR count). The zero-order valence-corrected chi connectivity index (χ0v) is 11.0. The molecule has 1 aromatic carbocycles. The molecule has 0 spiro atoms. The van der Waals surface area contributed by atoms with E-state index in [1.54, 1.807) is 18.2 Å². The Bertz CT molecular complexity index is 594. The van der Waals surface area contributed by atoms with E-state index in [1.807, 2.05) is 0 Å². The molecule has 1 aliphatic carbocycles. The first-order chi connectivity index (χ1) is 8.72. The Morgan fingerprint density at radius 2 is 1.94 bits per heavy atom. The molecule has 1 radical (unpaired) electrons. The summed E-state index contributed by atoms with van der Waals surface area (Å²) < 4.78 is 5.40. The van der Waals surface area contributed by atoms with Gasteiger partial charge in [0.1, 0.15) is 11.5 Å². The molecule has 91 valence electrons. The molecule has 2 aromatic rings. The van der Waals surface area contributed by atoms with E-state index in [1.165, 1.54) is 6.08 Å². The highest BCUT2D eigenvalue weighted by molar-refractivity contribution is 6.39. The van der Waals surface area contributed by atoms with Crippen LogP contribution >= 0.6 is 23.2 Å². The van der Waals surface area contributed by atoms with E-state index < -0.39 is 0 Å². The van der Waals surface area contributed by atoms with Gasteiger partial charge in [0, 0.05) is 17.0 Å². The van der Waals surface area contributed by atoms with Gasteiger partial charge in [0.2, 0.25) is 0 Å². The van der Waals surface area contributed by atoms with Gasteiger partial charge in [0.15, 0.2) is 0 Å². The van der Waals surface area contributed by atoms with E-state index >= 15 is 0 Å². The van der Waals surface area contributed by atoms with Crippen LogP contribution in [-0.2, 0) is 0 Å². The van der Waals surface area contributed by atoms with Crippen molar-refractivity contribution < 1.29 is 4.52 Å². The summed E-state index contributed by atoms with van der Waals surface area (Å²) in [6, 6.07) is 5.34. The van der Waals surface area contributed by atoms with Crippen molar-refractivity contribution in [3.8, 4) is 11.3 Å². The van der Waals surface area contributed by atoms with Crippen molar-refractivity contribution in [2.45, 2.75) is 18.8 Å². The van der Waals surface area contributed by atoms with Crippen molar-refractivity contribution in [1.82, 2.24) is 5.16 Å². The second-order valence-electron chi connectivity index (χ2n) is 4.35. The number of hydrogen-bond donors (Lipinski definition) is 0. The number of aromatic nitrogens is 1. The van der Waals surface area contributed by atoms with Gasteiger partial charge < -0.3 is 4.52 Å². The van der Waals surface area contributed by atoms with Gasteiger partial charge in [0.05, 0.1) is 10.0 Å². The van der Waals surface area contributed by atoms with Gasteiger partial charge in [0.25, 0.3) is 0 Å². The summed E-state index contributed by atoms with van der Waals surface area (Å²) in [6.45, 7) is 5.69. The fraction of sp³-hybridized carbons (Fsp3) is 0.214. The van der Waals surface area contributed by atoms with E-state index in [4.69, 9.17) is 34.3 Å². The third-order valence-corrected chi connectivity index (χ3v) is 3.70. The van der Waals surface area contributed by atoms with Crippen LogP contribution in [0.25, 0.3) is 17.3 Å². The first-order valence-electron chi connectivity index (χ1n) is 5.71. The Balaban J connectivity index is 2.19. The Morgan fingerprint density at radius 1 is 1.28 bits per heavy atom. The first kappa shape index (κ1) is 11.8. The summed E-state index contributed by atoms with van der Waals surface area (Å²) in [7, 11) is 0. The topological polar surface area (TPSA) is 26.0 Å². The van der Waals surface area contributed by atoms with Gasteiger partial charge in [-0.1, -0.05) is 41.0 Å². The SMILES string of the molecule is [CH]=Cc1c(-c2c(Cl)cccc2Cl)noc1C1CC1. The van der Waals surface area contributed by atoms with Crippen LogP contribution in [0.1, 0.15) is 30.1 Å². The van der Waals surface area contributed by atoms with Crippen LogP contribution in [0.3, 0.4) is 0 Å². The molecular weight excluding hydrogens is 269 g/mol. The summed E-state index contributed by atoms with van der Waals surface area (Å²) in [5, 5.41) is 5.17. The lowest BCUT2D eigenvalue weighted by Gasteiger charge is -2.04. The van der Waals surface area contributed by atoms with Crippen molar-refractivity contribution >= 4 is 29.3 Å². The zero-order chi connectivity index (χ0) is 12.7. The van der Waals surface area contributed by atoms with Gasteiger partial charge in [-0.3, -0.25) is 0 Å². The molecule has 1 aliphatic rings. The lowest BCUT2D eigenvalue weighted by molar-refractivity contribution is 0.386. The number of hydrogen-bond acceptors (Lipinski definition) is 2. The predicted octanol–water partition coefficient (Wildman–Crippen LogP) is 4.97. The maximum atomic E-state index is 6.18. The van der Waals surface area contributed by atoms with E-state index in [0.29, 0.717) is 27.2 Å². The standard InChI is InChI=1S/C14H10Cl2NO/c1-2-9-13(17-18-14(9)8-6-7-8)12-10(15)4-3-5-11(12)16/h1-5,8H,6-7H2. The third kappa shape index (κ3) is 1.86. The van der Waals surface area contributed by atoms with Crippen molar-refractivity contribution in [2.24, 2.45) is 0 Å². The number of halogens is 2. The minimum atomic E-state index is 0.433. The number of nitrogens with zero attached hydrogens (tertiary/aromatic N) is 1. The summed E-state index contributed by atoms with van der Waals surface area (Å²) >= 11 is 12.4. The summed E-state index contributed by atoms with van der Waals surface area (Å²) in [6.07, 6.45) is 3.75. The second-order valence-corrected chi connectivity index (χ2v) is 5.16. The van der Waals surface area contributed by atoms with Crippen LogP contribution < -0.4 is 0 Å². The van der Waals surface area contributed by atoms with Gasteiger partial charge in [-0.15, -0.1) is 0 Å². The molecule has 0 unspecified atom stereocenters. The monoisotopic (exact) mass is 278 g/mol. The van der Waals surface area contributed by atoms with Crippen LogP contribution in [0.5, 0.6) is 0 Å². The predicted molar refractivity (Wildman–Crippen MR) is 72.7 cm³/mol. The maximum Gasteiger partial charge on any atom is 0.147 e. The van der Waals surface area contributed by atoms with Crippen LogP contribution in [0.15, 0.2) is 22.7 Å². The fourth-order valence-electron chi connectivity index (χ4n) is 2.02. The smallest absolute Gasteiger partial charge is 0.147 e. The van der Waals surface area contributed by atoms with Crippen molar-refractivity contribution in [2.75, 3.05) is 0 Å². The summed E-state index contributed by atoms with van der Waals surface area (Å²) in [5.41, 5.74) is 2.09. The van der Waals surface area contributed by atoms with E-state index in [2.05, 4.69) is 5.16 Å². The van der Waals surface area contributed by atoms with Crippen LogP contribution in [0, 0.1) is 6.58 Å². The highest BCUT2D eigenvalue weighted by atomic mass is 35.5. The molecule has 1 saturated carbocycles. The maximum absolute atomic E-state index is 6.18. The zero-order valence-electron chi connectivity index (χ0n) is 9.49. The van der Waals surface area contributed by atoms with Gasteiger partial charge in [-0.2, -0.15) is 0 Å². The molecule has 0 atom stereocenters. The molecule has 0 saturated heterocycles. The quantitative estimate of drug-likeness (QED) is 0.792. The normalized spacial score (nSPS) is 14.8. The molecule has 4 heteroatoms. The molecule has 1 aromatic heterocycles. The highest BCUT2D eigenvalue weighted by Gasteiger charge is 2.32. The average molecular weight is 279 g/mol. The number of benzene rings is 1. The van der Waals surface area contributed by atoms with E-state index in [9.17, 15) is 0 Å². The molecule has 18 heavy (non-hydrogen) atoms. The molecule has 2 nitrogen and oxygen atoms in total. The summed E-state index contributed by atoms with van der Waals surface area (Å²) in [4.78, 5) is 0. The first-order valence-corrected chi connectivity index (χ1v) is 6.47. The van der Waals surface area contributed by atoms with E-state index in [-0.39, 0.29) is 0 Å². The van der Waals surface area contributed by atoms with Gasteiger partial charge in [-0.05, 0) is 31.1 Å². The molecule has 0 N–H and O–H groups in total. The highest BCUT2D eigenvalue weighted by Crippen LogP contribution is 2.46. The van der Waals surface area contributed by atoms with Gasteiger partial charge >= 0.3 is 0 Å². The molecule has 0 bridgehead atoms. The fourth-order valence-corrected chi connectivity index (χ4v) is 2.59. The Morgan fingerprint density at radius 3 is 2.50 bits per heavy atom. The second kappa shape index (κ2) is 4.45. The average Bonchev–Trinajstić information content (AvgIpc) is 3.10. The van der Waals surface area contributed by atoms with E-state index in [0.717, 1.165) is 24.2 Å². The Kier molecular flexibility index (Phi) is 2.92. The Hall–Kier alpha value is -1.25. The number of rotatable bonds is 3. The van der Waals surface area contributed by atoms with Crippen molar-refractivity contribution in [1.29, 1.82) is 0 Å². The van der Waals surface area contributed by atoms with Crippen LogP contribution in [0.4, 0.5) is 0 Å². The van der Waals surface area contributed by atoms with Crippen molar-refractivity contribution in [3.63, 3.8) is 0 Å². The minimum absolute atomic E-state index is 0.433. The van der Waals surface area contributed by atoms with Crippen LogP contribution in [0.2, 0.25) is 10.0 Å². The van der Waals surface area contributed by atoms with Crippen molar-refractivity contribution in [3.05, 3.63) is 46.1 Å². The molecule has 0 amide bonds. The lowest BCUT2D eigenvalue weighted by Crippen LogP contribution is -1.86. The molecule has 1 heterocycles. The van der Waals surface area contributed by atoms with Crippen LogP contribution in [-0.4, -0.2) is 5.16 Å². The molecule has 0 aliphatic heterocycles.